The highest BCUT2D eigenvalue weighted by atomic mass is 31.2. The molecule has 0 bridgehead atoms. The van der Waals surface area contributed by atoms with Gasteiger partial charge < -0.3 is 25.2 Å². The second-order valence-electron chi connectivity index (χ2n) is 17.3. The van der Waals surface area contributed by atoms with E-state index in [0.29, 0.717) is 12.8 Å². The van der Waals surface area contributed by atoms with Crippen LogP contribution < -0.4 is 5.73 Å². The van der Waals surface area contributed by atoms with Gasteiger partial charge in [-0.3, -0.25) is 23.4 Å². The van der Waals surface area contributed by atoms with Crippen LogP contribution in [0.5, 0.6) is 0 Å². The lowest BCUT2D eigenvalue weighted by Crippen LogP contribution is -2.34. The number of esters is 2. The number of hydrogen-bond acceptors (Lipinski definition) is 9. The van der Waals surface area contributed by atoms with Gasteiger partial charge in [0.2, 0.25) is 0 Å². The molecule has 0 saturated heterocycles. The molecule has 0 spiro atoms. The van der Waals surface area contributed by atoms with E-state index in [4.69, 9.17) is 24.8 Å². The summed E-state index contributed by atoms with van der Waals surface area (Å²) in [6.07, 6.45) is 57.2. The van der Waals surface area contributed by atoms with Gasteiger partial charge >= 0.3 is 25.7 Å². The van der Waals surface area contributed by atoms with Crippen molar-refractivity contribution in [1.82, 2.24) is 0 Å². The quantitative estimate of drug-likeness (QED) is 0.0229. The highest BCUT2D eigenvalue weighted by molar-refractivity contribution is 7.47. The first kappa shape index (κ1) is 62.2. The number of carboxylic acid groups (broad SMARTS) is 1. The topological polar surface area (TPSA) is 172 Å². The molecule has 1 unspecified atom stereocenters. The van der Waals surface area contributed by atoms with Crippen molar-refractivity contribution < 1.29 is 47.5 Å². The Morgan fingerprint density at radius 2 is 0.862 bits per heavy atom. The lowest BCUT2D eigenvalue weighted by Gasteiger charge is -2.20. The summed E-state index contributed by atoms with van der Waals surface area (Å²) in [5.41, 5.74) is 5.35. The normalized spacial score (nSPS) is 14.0. The fourth-order valence-corrected chi connectivity index (χ4v) is 7.81. The van der Waals surface area contributed by atoms with Gasteiger partial charge in [-0.15, -0.1) is 0 Å². The molecule has 0 aromatic heterocycles. The van der Waals surface area contributed by atoms with E-state index in [1.165, 1.54) is 116 Å². The van der Waals surface area contributed by atoms with Gasteiger partial charge in [-0.05, 0) is 57.8 Å². The van der Waals surface area contributed by atoms with Gasteiger partial charge in [0.05, 0.1) is 13.2 Å². The Labute approximate surface area is 396 Å². The molecule has 0 amide bonds. The number of phosphoric ester groups is 1. The van der Waals surface area contributed by atoms with Crippen molar-refractivity contribution in [3.63, 3.8) is 0 Å². The SMILES string of the molecule is CC/C=C/C/C=C/C/C=C/C/C=C/C/C=C/CCCCCC(=O)OC[C@H](COP(=O)(O)OC[C@H](N)C(=O)O)OC(=O)CCCCCCCCCCCCCCCCCCCCCCCC. The molecule has 0 aliphatic carbocycles. The molecule has 4 N–H and O–H groups in total. The maximum Gasteiger partial charge on any atom is 0.472 e. The number of carboxylic acids is 1. The fraction of sp³-hybridized carbons (Fsp3) is 0.755. The summed E-state index contributed by atoms with van der Waals surface area (Å²) in [4.78, 5) is 46.2. The van der Waals surface area contributed by atoms with Crippen LogP contribution in [0.1, 0.15) is 226 Å². The molecule has 12 heteroatoms. The Hall–Kier alpha value is -2.82. The minimum absolute atomic E-state index is 0.155. The van der Waals surface area contributed by atoms with E-state index in [1.54, 1.807) is 0 Å². The second-order valence-corrected chi connectivity index (χ2v) is 18.7. The van der Waals surface area contributed by atoms with Crippen LogP contribution in [0.3, 0.4) is 0 Å². The number of phosphoric acid groups is 1. The predicted octanol–water partition coefficient (Wildman–Crippen LogP) is 14.7. The predicted molar refractivity (Wildman–Crippen MR) is 268 cm³/mol. The van der Waals surface area contributed by atoms with Crippen LogP contribution in [0, 0.1) is 0 Å². The molecule has 0 rings (SSSR count). The summed E-state index contributed by atoms with van der Waals surface area (Å²) in [5, 5.41) is 8.92. The lowest BCUT2D eigenvalue weighted by atomic mass is 10.0. The average Bonchev–Trinajstić information content (AvgIpc) is 3.28. The monoisotopic (exact) mass is 936 g/mol. The number of hydrogen-bond donors (Lipinski definition) is 3. The number of nitrogens with two attached hydrogens (primary N) is 1. The summed E-state index contributed by atoms with van der Waals surface area (Å²) in [6, 6.07) is -1.53. The molecule has 0 aromatic rings. The Morgan fingerprint density at radius 3 is 1.29 bits per heavy atom. The highest BCUT2D eigenvalue weighted by Gasteiger charge is 2.28. The molecule has 0 fully saturated rings. The summed E-state index contributed by atoms with van der Waals surface area (Å²) < 4.78 is 32.8. The molecule has 0 heterocycles. The minimum atomic E-state index is -4.73. The first-order chi connectivity index (χ1) is 31.6. The molecule has 11 nitrogen and oxygen atoms in total. The van der Waals surface area contributed by atoms with Crippen molar-refractivity contribution in [2.24, 2.45) is 5.73 Å². The number of aliphatic carboxylic acids is 1. The smallest absolute Gasteiger partial charge is 0.472 e. The van der Waals surface area contributed by atoms with Gasteiger partial charge in [0.15, 0.2) is 6.10 Å². The van der Waals surface area contributed by atoms with E-state index in [-0.39, 0.29) is 19.4 Å². The Morgan fingerprint density at radius 1 is 0.492 bits per heavy atom. The maximum atomic E-state index is 12.7. The van der Waals surface area contributed by atoms with E-state index in [9.17, 15) is 23.8 Å². The summed E-state index contributed by atoms with van der Waals surface area (Å²) in [5.74, 6) is -2.41. The van der Waals surface area contributed by atoms with Crippen molar-refractivity contribution in [1.29, 1.82) is 0 Å². The molecule has 376 valence electrons. The van der Waals surface area contributed by atoms with Gasteiger partial charge in [0, 0.05) is 12.8 Å². The highest BCUT2D eigenvalue weighted by Crippen LogP contribution is 2.43. The zero-order valence-corrected chi connectivity index (χ0v) is 42.0. The van der Waals surface area contributed by atoms with Crippen LogP contribution in [0.4, 0.5) is 0 Å². The second kappa shape index (κ2) is 47.7. The Bertz CT molecular complexity index is 1330. The zero-order valence-electron chi connectivity index (χ0n) is 41.1. The first-order valence-corrected chi connectivity index (χ1v) is 27.3. The van der Waals surface area contributed by atoms with Crippen LogP contribution in [0.15, 0.2) is 60.8 Å². The Balaban J connectivity index is 4.28. The lowest BCUT2D eigenvalue weighted by molar-refractivity contribution is -0.161. The third-order valence-electron chi connectivity index (χ3n) is 11.0. The van der Waals surface area contributed by atoms with E-state index >= 15 is 0 Å². The molecule has 0 aliphatic heterocycles. The number of ether oxygens (including phenoxy) is 2. The van der Waals surface area contributed by atoms with Crippen molar-refractivity contribution in [3.05, 3.63) is 60.8 Å². The molecule has 0 radical (unpaired) electrons. The summed E-state index contributed by atoms with van der Waals surface area (Å²) >= 11 is 0. The van der Waals surface area contributed by atoms with Crippen LogP contribution in [-0.2, 0) is 37.5 Å². The average molecular weight is 936 g/mol. The van der Waals surface area contributed by atoms with Crippen LogP contribution in [0.2, 0.25) is 0 Å². The number of carbonyl (C=O) groups excluding carboxylic acids is 2. The number of allylic oxidation sites excluding steroid dienone is 10. The van der Waals surface area contributed by atoms with Crippen molar-refractivity contribution in [3.8, 4) is 0 Å². The van der Waals surface area contributed by atoms with E-state index in [0.717, 1.165) is 70.6 Å². The first-order valence-electron chi connectivity index (χ1n) is 25.8. The van der Waals surface area contributed by atoms with E-state index in [1.807, 2.05) is 0 Å². The number of rotatable bonds is 48. The molecular weight excluding hydrogens is 842 g/mol. The fourth-order valence-electron chi connectivity index (χ4n) is 7.03. The molecule has 0 aromatic carbocycles. The van der Waals surface area contributed by atoms with Crippen LogP contribution >= 0.6 is 7.82 Å². The molecule has 3 atom stereocenters. The van der Waals surface area contributed by atoms with Crippen molar-refractivity contribution in [2.75, 3.05) is 19.8 Å². The van der Waals surface area contributed by atoms with Crippen molar-refractivity contribution >= 4 is 25.7 Å². The van der Waals surface area contributed by atoms with Gasteiger partial charge in [-0.2, -0.15) is 0 Å². The van der Waals surface area contributed by atoms with Gasteiger partial charge in [-0.1, -0.05) is 216 Å². The number of carbonyl (C=O) groups is 3. The van der Waals surface area contributed by atoms with Crippen molar-refractivity contribution in [2.45, 2.75) is 238 Å². The van der Waals surface area contributed by atoms with E-state index < -0.39 is 51.1 Å². The maximum absolute atomic E-state index is 12.7. The van der Waals surface area contributed by atoms with Crippen LogP contribution in [-0.4, -0.2) is 59.9 Å². The Kier molecular flexibility index (Phi) is 45.6. The number of unbranched alkanes of at least 4 members (excludes halogenated alkanes) is 24. The standard InChI is InChI=1S/C53H94NO10P/c1-3-5-7-9-11-13-15-17-19-21-23-24-25-27-29-31-33-35-37-39-41-43-45-52(56)64-49(47-62-65(59,60)63-48-50(54)53(57)58)46-61-51(55)44-42-40-38-36-34-32-30-28-26-22-20-18-16-14-12-10-8-6-4-2/h6,8,12,14,18,20,26,28,32,34,49-50H,3-5,7,9-11,13,15-17,19,21-25,27,29-31,33,35-48,54H2,1-2H3,(H,57,58)(H,59,60)/b8-6+,14-12+,20-18+,28-26+,34-32+/t49-,50+/m1/s1. The van der Waals surface area contributed by atoms with E-state index in [2.05, 4.69) is 79.1 Å². The molecule has 0 saturated carbocycles. The van der Waals surface area contributed by atoms with Gasteiger partial charge in [-0.25, -0.2) is 4.57 Å². The molecule has 0 aliphatic rings. The van der Waals surface area contributed by atoms with Crippen LogP contribution in [0.25, 0.3) is 0 Å². The molecule has 65 heavy (non-hydrogen) atoms. The minimum Gasteiger partial charge on any atom is -0.480 e. The third kappa shape index (κ3) is 47.5. The summed E-state index contributed by atoms with van der Waals surface area (Å²) in [6.45, 7) is 2.69. The molecular formula is C53H94NO10P. The summed E-state index contributed by atoms with van der Waals surface area (Å²) in [7, 11) is -4.73. The van der Waals surface area contributed by atoms with Gasteiger partial charge in [0.1, 0.15) is 12.6 Å². The zero-order chi connectivity index (χ0) is 47.7. The third-order valence-corrected chi connectivity index (χ3v) is 12.0. The van der Waals surface area contributed by atoms with Gasteiger partial charge in [0.25, 0.3) is 0 Å². The largest absolute Gasteiger partial charge is 0.480 e.